The topological polar surface area (TPSA) is 112 Å². The fourth-order valence-electron chi connectivity index (χ4n) is 4.66. The highest BCUT2D eigenvalue weighted by molar-refractivity contribution is 6.00. The first kappa shape index (κ1) is 23.5. The predicted octanol–water partition coefficient (Wildman–Crippen LogP) is 6.42. The van der Waals surface area contributed by atoms with Crippen molar-refractivity contribution in [1.29, 1.82) is 0 Å². The summed E-state index contributed by atoms with van der Waals surface area (Å²) in [6.45, 7) is 3.82. The maximum absolute atomic E-state index is 14.1. The van der Waals surface area contributed by atoms with Crippen molar-refractivity contribution in [3.8, 4) is 33.9 Å². The molecule has 0 saturated heterocycles. The van der Waals surface area contributed by atoms with Crippen LogP contribution in [0.4, 0.5) is 10.1 Å². The molecule has 0 aliphatic carbocycles. The van der Waals surface area contributed by atoms with Crippen LogP contribution >= 0.6 is 0 Å². The van der Waals surface area contributed by atoms with E-state index >= 15 is 0 Å². The van der Waals surface area contributed by atoms with E-state index in [9.17, 15) is 9.18 Å². The van der Waals surface area contributed by atoms with Gasteiger partial charge in [0.15, 0.2) is 0 Å². The monoisotopic (exact) mass is 505 g/mol. The van der Waals surface area contributed by atoms with E-state index in [0.717, 1.165) is 56.3 Å². The van der Waals surface area contributed by atoms with Gasteiger partial charge in [-0.3, -0.25) is 24.8 Å². The van der Waals surface area contributed by atoms with Crippen molar-refractivity contribution in [2.45, 2.75) is 26.7 Å². The summed E-state index contributed by atoms with van der Waals surface area (Å²) in [5.74, 6) is -0.343. The Balaban J connectivity index is 1.41. The van der Waals surface area contributed by atoms with Crippen molar-refractivity contribution in [2.75, 3.05) is 5.32 Å². The number of rotatable bonds is 6. The molecule has 6 rings (SSSR count). The second-order valence-electron chi connectivity index (χ2n) is 9.27. The highest BCUT2D eigenvalue weighted by Gasteiger charge is 2.16. The third-order valence-corrected chi connectivity index (χ3v) is 6.36. The largest absolute Gasteiger partial charge is 0.353 e. The number of benzene rings is 1. The smallest absolute Gasteiger partial charge is 0.224 e. The Morgan fingerprint density at radius 3 is 2.66 bits per heavy atom. The molecule has 0 fully saturated rings. The maximum Gasteiger partial charge on any atom is 0.224 e. The number of pyridine rings is 3. The van der Waals surface area contributed by atoms with Crippen molar-refractivity contribution in [1.82, 2.24) is 30.1 Å². The van der Waals surface area contributed by atoms with Crippen LogP contribution < -0.4 is 5.32 Å². The molecule has 5 heterocycles. The minimum atomic E-state index is -0.295. The summed E-state index contributed by atoms with van der Waals surface area (Å²) in [6.07, 6.45) is 8.00. The third-order valence-electron chi connectivity index (χ3n) is 6.36. The standard InChI is InChI=1S/C29H24FN7O/c1-3-4-27(38)34-20-10-18(13-31-14-20)24-11-22-26(15-33-24)36-37-29(22)25-12-21-23(35-25)5-6-32-28(21)17-7-16(2)8-19(30)9-17/h5-15,35H,3-4H2,1-2H3,(H,34,38)(H,36,37). The van der Waals surface area contributed by atoms with Gasteiger partial charge in [0.25, 0.3) is 0 Å². The number of aromatic amines is 2. The summed E-state index contributed by atoms with van der Waals surface area (Å²) in [5, 5.41) is 12.2. The molecule has 0 saturated carbocycles. The van der Waals surface area contributed by atoms with Crippen LogP contribution in [0, 0.1) is 12.7 Å². The summed E-state index contributed by atoms with van der Waals surface area (Å²) in [5.41, 5.74) is 7.52. The molecule has 3 N–H and O–H groups in total. The Bertz CT molecular complexity index is 1800. The number of aromatic nitrogens is 6. The number of halogens is 1. The summed E-state index contributed by atoms with van der Waals surface area (Å²) < 4.78 is 14.1. The molecule has 0 aliphatic heterocycles. The first-order valence-electron chi connectivity index (χ1n) is 12.3. The van der Waals surface area contributed by atoms with Crippen LogP contribution in [0.2, 0.25) is 0 Å². The minimum absolute atomic E-state index is 0.0481. The molecule has 0 aliphatic rings. The Morgan fingerprint density at radius 1 is 0.947 bits per heavy atom. The van der Waals surface area contributed by atoms with Crippen molar-refractivity contribution in [3.63, 3.8) is 0 Å². The molecular formula is C29H24FN7O. The van der Waals surface area contributed by atoms with Gasteiger partial charge in [0.05, 0.1) is 40.7 Å². The summed E-state index contributed by atoms with van der Waals surface area (Å²) in [7, 11) is 0. The molecule has 8 nitrogen and oxygen atoms in total. The number of carbonyl (C=O) groups excluding carboxylic acids is 1. The Kier molecular flexibility index (Phi) is 5.88. The van der Waals surface area contributed by atoms with E-state index < -0.39 is 0 Å². The first-order chi connectivity index (χ1) is 18.5. The van der Waals surface area contributed by atoms with Gasteiger partial charge in [-0.15, -0.1) is 0 Å². The van der Waals surface area contributed by atoms with Crippen LogP contribution in [0.15, 0.2) is 67.3 Å². The lowest BCUT2D eigenvalue weighted by molar-refractivity contribution is -0.116. The van der Waals surface area contributed by atoms with Gasteiger partial charge < -0.3 is 10.3 Å². The van der Waals surface area contributed by atoms with Crippen LogP contribution in [0.3, 0.4) is 0 Å². The fraction of sp³-hybridized carbons (Fsp3) is 0.138. The quantitative estimate of drug-likeness (QED) is 0.242. The molecule has 0 spiro atoms. The van der Waals surface area contributed by atoms with Gasteiger partial charge >= 0.3 is 0 Å². The van der Waals surface area contributed by atoms with E-state index in [1.54, 1.807) is 24.8 Å². The fourth-order valence-corrected chi connectivity index (χ4v) is 4.66. The Labute approximate surface area is 217 Å². The molecule has 0 radical (unpaired) electrons. The minimum Gasteiger partial charge on any atom is -0.353 e. The molecule has 1 aromatic carbocycles. The number of nitrogens with one attached hydrogen (secondary N) is 3. The van der Waals surface area contributed by atoms with Gasteiger partial charge in [0, 0.05) is 46.2 Å². The number of H-pyrrole nitrogens is 2. The van der Waals surface area contributed by atoms with Gasteiger partial charge in [-0.2, -0.15) is 5.10 Å². The van der Waals surface area contributed by atoms with Crippen molar-refractivity contribution in [2.24, 2.45) is 0 Å². The predicted molar refractivity (Wildman–Crippen MR) is 146 cm³/mol. The zero-order valence-corrected chi connectivity index (χ0v) is 20.8. The lowest BCUT2D eigenvalue weighted by Gasteiger charge is -2.06. The van der Waals surface area contributed by atoms with Gasteiger partial charge in [0.1, 0.15) is 11.5 Å². The van der Waals surface area contributed by atoms with E-state index in [4.69, 9.17) is 0 Å². The second-order valence-corrected chi connectivity index (χ2v) is 9.27. The van der Waals surface area contributed by atoms with E-state index in [1.807, 2.05) is 44.2 Å². The zero-order valence-electron chi connectivity index (χ0n) is 20.8. The SMILES string of the molecule is CCCC(=O)Nc1cncc(-c2cc3c(-c4cc5c(-c6cc(C)cc(F)c6)nccc5[nH]4)n[nH]c3cn2)c1. The van der Waals surface area contributed by atoms with Crippen LogP contribution in [-0.2, 0) is 4.79 Å². The average molecular weight is 506 g/mol. The molecule has 1 amide bonds. The molecule has 0 bridgehead atoms. The normalized spacial score (nSPS) is 11.3. The van der Waals surface area contributed by atoms with Gasteiger partial charge in [0.2, 0.25) is 5.91 Å². The highest BCUT2D eigenvalue weighted by Crippen LogP contribution is 2.34. The third kappa shape index (κ3) is 4.39. The Hall–Kier alpha value is -4.92. The molecule has 188 valence electrons. The molecular weight excluding hydrogens is 481 g/mol. The maximum atomic E-state index is 14.1. The lowest BCUT2D eigenvalue weighted by Crippen LogP contribution is -2.10. The Morgan fingerprint density at radius 2 is 1.82 bits per heavy atom. The van der Waals surface area contributed by atoms with Crippen LogP contribution in [-0.4, -0.2) is 36.0 Å². The first-order valence-corrected chi connectivity index (χ1v) is 12.3. The van der Waals surface area contributed by atoms with Crippen molar-refractivity contribution >= 4 is 33.4 Å². The van der Waals surface area contributed by atoms with Crippen LogP contribution in [0.25, 0.3) is 55.7 Å². The zero-order chi connectivity index (χ0) is 26.2. The van der Waals surface area contributed by atoms with Crippen LogP contribution in [0.1, 0.15) is 25.3 Å². The number of nitrogens with zero attached hydrogens (tertiary/aromatic N) is 4. The van der Waals surface area contributed by atoms with Crippen LogP contribution in [0.5, 0.6) is 0 Å². The molecule has 5 aromatic heterocycles. The second kappa shape index (κ2) is 9.51. The van der Waals surface area contributed by atoms with Gasteiger partial charge in [-0.05, 0) is 61.4 Å². The van der Waals surface area contributed by atoms with E-state index in [2.05, 4.69) is 35.5 Å². The number of hydrogen-bond donors (Lipinski definition) is 3. The molecule has 6 aromatic rings. The highest BCUT2D eigenvalue weighted by atomic mass is 19.1. The summed E-state index contributed by atoms with van der Waals surface area (Å²) in [6, 6.07) is 12.6. The molecule has 9 heteroatoms. The van der Waals surface area contributed by atoms with Gasteiger partial charge in [-0.1, -0.05) is 6.92 Å². The summed E-state index contributed by atoms with van der Waals surface area (Å²) >= 11 is 0. The van der Waals surface area contributed by atoms with Gasteiger partial charge in [-0.25, -0.2) is 4.39 Å². The molecule has 38 heavy (non-hydrogen) atoms. The lowest BCUT2D eigenvalue weighted by atomic mass is 10.0. The van der Waals surface area contributed by atoms with E-state index in [-0.39, 0.29) is 11.7 Å². The van der Waals surface area contributed by atoms with Crippen molar-refractivity contribution in [3.05, 3.63) is 78.6 Å². The van der Waals surface area contributed by atoms with E-state index in [0.29, 0.717) is 23.5 Å². The summed E-state index contributed by atoms with van der Waals surface area (Å²) in [4.78, 5) is 28.9. The molecule has 0 unspecified atom stereocenters. The number of fused-ring (bicyclic) bond motifs is 2. The van der Waals surface area contributed by atoms with E-state index in [1.165, 1.54) is 12.1 Å². The number of aryl methyl sites for hydroxylation is 1. The average Bonchev–Trinajstić information content (AvgIpc) is 3.52. The molecule has 0 atom stereocenters. The number of carbonyl (C=O) groups is 1. The number of amides is 1. The number of hydrogen-bond acceptors (Lipinski definition) is 5. The van der Waals surface area contributed by atoms with Crippen molar-refractivity contribution < 1.29 is 9.18 Å². The number of anilines is 1.